The summed E-state index contributed by atoms with van der Waals surface area (Å²) in [5.74, 6) is 1.11. The molecule has 0 aromatic rings. The van der Waals surface area contributed by atoms with Crippen LogP contribution in [-0.4, -0.2) is 0 Å². The van der Waals surface area contributed by atoms with Crippen molar-refractivity contribution in [3.8, 4) is 6.07 Å². The maximum atomic E-state index is 8.97. The zero-order chi connectivity index (χ0) is 12.7. The number of rotatable bonds is 7. The second-order valence-electron chi connectivity index (χ2n) is 5.16. The van der Waals surface area contributed by atoms with Crippen LogP contribution >= 0.6 is 0 Å². The lowest BCUT2D eigenvalue weighted by Gasteiger charge is -2.15. The van der Waals surface area contributed by atoms with Gasteiger partial charge in [0, 0.05) is 5.92 Å². The molecule has 16 heavy (non-hydrogen) atoms. The van der Waals surface area contributed by atoms with Crippen LogP contribution in [0.25, 0.3) is 0 Å². The molecule has 0 N–H and O–H groups in total. The minimum absolute atomic E-state index is 0.181. The molecule has 0 spiro atoms. The van der Waals surface area contributed by atoms with E-state index in [2.05, 4.69) is 46.9 Å². The standard InChI is InChI=1S/C15H25N/c1-11(2)14(6)13(5)8-7-9-15(10-16)12(3)4/h11-12,15H,5-9H2,1-4H3. The van der Waals surface area contributed by atoms with Crippen molar-refractivity contribution in [3.05, 3.63) is 24.3 Å². The van der Waals surface area contributed by atoms with Crippen LogP contribution in [0.5, 0.6) is 0 Å². The molecule has 0 bridgehead atoms. The third-order valence-corrected chi connectivity index (χ3v) is 3.12. The Kier molecular flexibility index (Phi) is 6.81. The molecule has 1 atom stereocenters. The Hall–Kier alpha value is -1.03. The molecule has 0 aliphatic heterocycles. The Morgan fingerprint density at radius 3 is 2.12 bits per heavy atom. The van der Waals surface area contributed by atoms with Crippen molar-refractivity contribution in [1.82, 2.24) is 0 Å². The van der Waals surface area contributed by atoms with Crippen molar-refractivity contribution >= 4 is 0 Å². The van der Waals surface area contributed by atoms with Crippen molar-refractivity contribution in [2.75, 3.05) is 0 Å². The van der Waals surface area contributed by atoms with Crippen LogP contribution in [0, 0.1) is 29.1 Å². The second kappa shape index (κ2) is 7.28. The van der Waals surface area contributed by atoms with Gasteiger partial charge in [-0.2, -0.15) is 5.26 Å². The Morgan fingerprint density at radius 2 is 1.75 bits per heavy atom. The summed E-state index contributed by atoms with van der Waals surface area (Å²) in [4.78, 5) is 0. The van der Waals surface area contributed by atoms with Gasteiger partial charge in [0.1, 0.15) is 0 Å². The summed E-state index contributed by atoms with van der Waals surface area (Å²) in [6.07, 6.45) is 2.99. The fourth-order valence-corrected chi connectivity index (χ4v) is 1.65. The highest BCUT2D eigenvalue weighted by Crippen LogP contribution is 2.23. The van der Waals surface area contributed by atoms with E-state index in [0.29, 0.717) is 11.8 Å². The van der Waals surface area contributed by atoms with E-state index in [1.807, 2.05) is 0 Å². The first kappa shape index (κ1) is 15.0. The summed E-state index contributed by atoms with van der Waals surface area (Å²) in [7, 11) is 0. The molecule has 0 aliphatic rings. The van der Waals surface area contributed by atoms with Crippen LogP contribution in [0.4, 0.5) is 0 Å². The summed E-state index contributed by atoms with van der Waals surface area (Å²) in [6, 6.07) is 2.38. The number of nitrogens with zero attached hydrogens (tertiary/aromatic N) is 1. The molecule has 0 radical (unpaired) electrons. The minimum atomic E-state index is 0.181. The number of hydrogen-bond donors (Lipinski definition) is 0. The molecule has 1 unspecified atom stereocenters. The van der Waals surface area contributed by atoms with Gasteiger partial charge in [-0.15, -0.1) is 0 Å². The van der Waals surface area contributed by atoms with Gasteiger partial charge in [0.05, 0.1) is 6.07 Å². The fraction of sp³-hybridized carbons (Fsp3) is 0.667. The largest absolute Gasteiger partial charge is 0.198 e. The molecule has 0 saturated carbocycles. The van der Waals surface area contributed by atoms with E-state index in [4.69, 9.17) is 5.26 Å². The molecule has 90 valence electrons. The van der Waals surface area contributed by atoms with Gasteiger partial charge >= 0.3 is 0 Å². The molecule has 0 rings (SSSR count). The van der Waals surface area contributed by atoms with Crippen LogP contribution < -0.4 is 0 Å². The average Bonchev–Trinajstić information content (AvgIpc) is 2.22. The monoisotopic (exact) mass is 219 g/mol. The van der Waals surface area contributed by atoms with Crippen LogP contribution in [0.1, 0.15) is 47.0 Å². The summed E-state index contributed by atoms with van der Waals surface area (Å²) in [6.45, 7) is 16.6. The highest BCUT2D eigenvalue weighted by molar-refractivity contribution is 5.26. The van der Waals surface area contributed by atoms with Crippen LogP contribution in [0.3, 0.4) is 0 Å². The molecule has 0 amide bonds. The van der Waals surface area contributed by atoms with Gasteiger partial charge in [0.2, 0.25) is 0 Å². The summed E-state index contributed by atoms with van der Waals surface area (Å²) in [5.41, 5.74) is 2.30. The first-order valence-corrected chi connectivity index (χ1v) is 6.16. The lowest BCUT2D eigenvalue weighted by atomic mass is 9.89. The van der Waals surface area contributed by atoms with Crippen molar-refractivity contribution in [3.63, 3.8) is 0 Å². The predicted molar refractivity (Wildman–Crippen MR) is 70.9 cm³/mol. The highest BCUT2D eigenvalue weighted by Gasteiger charge is 2.12. The molecular formula is C15H25N. The molecule has 0 aliphatic carbocycles. The van der Waals surface area contributed by atoms with Crippen LogP contribution in [-0.2, 0) is 0 Å². The van der Waals surface area contributed by atoms with Gasteiger partial charge < -0.3 is 0 Å². The van der Waals surface area contributed by atoms with Crippen molar-refractivity contribution < 1.29 is 0 Å². The van der Waals surface area contributed by atoms with E-state index in [1.54, 1.807) is 0 Å². The van der Waals surface area contributed by atoms with Crippen molar-refractivity contribution in [1.29, 1.82) is 5.26 Å². The van der Waals surface area contributed by atoms with Crippen LogP contribution in [0.15, 0.2) is 24.3 Å². The fourth-order valence-electron chi connectivity index (χ4n) is 1.65. The predicted octanol–water partition coefficient (Wildman–Crippen LogP) is 4.72. The zero-order valence-electron chi connectivity index (χ0n) is 11.2. The zero-order valence-corrected chi connectivity index (χ0v) is 11.2. The van der Waals surface area contributed by atoms with E-state index in [0.717, 1.165) is 30.4 Å². The smallest absolute Gasteiger partial charge is 0.0658 e. The molecule has 0 aromatic carbocycles. The highest BCUT2D eigenvalue weighted by atomic mass is 14.3. The summed E-state index contributed by atoms with van der Waals surface area (Å²) >= 11 is 0. The van der Waals surface area contributed by atoms with Crippen molar-refractivity contribution in [2.24, 2.45) is 17.8 Å². The van der Waals surface area contributed by atoms with Gasteiger partial charge in [-0.25, -0.2) is 0 Å². The maximum absolute atomic E-state index is 8.97. The molecule has 0 heterocycles. The third kappa shape index (κ3) is 5.16. The minimum Gasteiger partial charge on any atom is -0.198 e. The van der Waals surface area contributed by atoms with Gasteiger partial charge in [0.25, 0.3) is 0 Å². The maximum Gasteiger partial charge on any atom is 0.0658 e. The number of nitriles is 1. The normalized spacial score (nSPS) is 12.6. The Bertz CT molecular complexity index is 278. The molecule has 0 fully saturated rings. The molecular weight excluding hydrogens is 194 g/mol. The number of hydrogen-bond acceptors (Lipinski definition) is 1. The third-order valence-electron chi connectivity index (χ3n) is 3.12. The Balaban J connectivity index is 3.96. The van der Waals surface area contributed by atoms with E-state index >= 15 is 0 Å². The van der Waals surface area contributed by atoms with Crippen molar-refractivity contribution in [2.45, 2.75) is 47.0 Å². The van der Waals surface area contributed by atoms with E-state index < -0.39 is 0 Å². The first-order valence-electron chi connectivity index (χ1n) is 6.16. The lowest BCUT2D eigenvalue weighted by molar-refractivity contribution is 0.434. The second-order valence-corrected chi connectivity index (χ2v) is 5.16. The van der Waals surface area contributed by atoms with E-state index in [1.165, 1.54) is 0 Å². The van der Waals surface area contributed by atoms with Gasteiger partial charge in [-0.05, 0) is 31.1 Å². The van der Waals surface area contributed by atoms with E-state index in [-0.39, 0.29) is 5.92 Å². The first-order chi connectivity index (χ1) is 7.40. The molecule has 1 nitrogen and oxygen atoms in total. The SMILES string of the molecule is C=C(CCCC(C#N)C(C)C)C(=C)C(C)C. The Labute approximate surface area is 101 Å². The quantitative estimate of drug-likeness (QED) is 0.568. The van der Waals surface area contributed by atoms with Crippen LogP contribution in [0.2, 0.25) is 0 Å². The van der Waals surface area contributed by atoms with Gasteiger partial charge in [0.15, 0.2) is 0 Å². The topological polar surface area (TPSA) is 23.8 Å². The summed E-state index contributed by atoms with van der Waals surface area (Å²) in [5, 5.41) is 8.97. The van der Waals surface area contributed by atoms with Gasteiger partial charge in [-0.3, -0.25) is 0 Å². The molecule has 0 aromatic heterocycles. The summed E-state index contributed by atoms with van der Waals surface area (Å²) < 4.78 is 0. The lowest BCUT2D eigenvalue weighted by Crippen LogP contribution is -2.06. The Morgan fingerprint density at radius 1 is 1.19 bits per heavy atom. The average molecular weight is 219 g/mol. The molecule has 1 heteroatoms. The molecule has 0 saturated heterocycles. The van der Waals surface area contributed by atoms with Gasteiger partial charge in [-0.1, -0.05) is 52.0 Å². The van der Waals surface area contributed by atoms with E-state index in [9.17, 15) is 0 Å². The number of allylic oxidation sites excluding steroid dienone is 2.